The van der Waals surface area contributed by atoms with E-state index in [0.717, 1.165) is 39.1 Å². The number of aliphatic hydroxyl groups excluding tert-OH is 2. The van der Waals surface area contributed by atoms with Crippen molar-refractivity contribution in [3.8, 4) is 5.69 Å². The zero-order chi connectivity index (χ0) is 51.8. The molecule has 4 aromatic carbocycles. The fourth-order valence-corrected chi connectivity index (χ4v) is 9.92. The van der Waals surface area contributed by atoms with Gasteiger partial charge in [0.05, 0.1) is 16.3 Å². The summed E-state index contributed by atoms with van der Waals surface area (Å²) < 4.78 is 53.2. The minimum atomic E-state index is -3.91. The summed E-state index contributed by atoms with van der Waals surface area (Å²) in [6.07, 6.45) is 7.82. The van der Waals surface area contributed by atoms with Crippen LogP contribution in [0.1, 0.15) is 35.1 Å². The number of aryl methyl sites for hydroxylation is 2. The molecular formula is C52H51N8NaO10S2. The van der Waals surface area contributed by atoms with E-state index in [9.17, 15) is 46.3 Å². The van der Waals surface area contributed by atoms with Gasteiger partial charge in [0, 0.05) is 55.6 Å². The number of hydrogen-bond acceptors (Lipinski definition) is 13. The van der Waals surface area contributed by atoms with Crippen LogP contribution in [0.2, 0.25) is 0 Å². The van der Waals surface area contributed by atoms with E-state index in [-0.39, 0.29) is 79.1 Å². The Balaban J connectivity index is 0.000000186. The van der Waals surface area contributed by atoms with Gasteiger partial charge in [0.25, 0.3) is 37.4 Å². The molecule has 9 rings (SSSR count). The number of likely N-dealkylation sites (N-methyl/N-ethyl adjacent to an activating group) is 2. The molecule has 0 unspecified atom stereocenters. The van der Waals surface area contributed by atoms with Gasteiger partial charge in [-0.15, -0.1) is 0 Å². The number of nitroso groups, excluding NO2 is 1. The van der Waals surface area contributed by atoms with Gasteiger partial charge in [-0.1, -0.05) is 96.2 Å². The summed E-state index contributed by atoms with van der Waals surface area (Å²) in [6, 6.07) is 45.1. The average Bonchev–Trinajstić information content (AvgIpc) is 3.39. The molecule has 0 saturated carbocycles. The zero-order valence-corrected chi connectivity index (χ0v) is 40.9. The molecule has 21 heteroatoms. The van der Waals surface area contributed by atoms with Crippen LogP contribution in [0.5, 0.6) is 0 Å². The monoisotopic (exact) mass is 1030 g/mol. The minimum absolute atomic E-state index is 0. The van der Waals surface area contributed by atoms with Gasteiger partial charge < -0.3 is 20.8 Å². The van der Waals surface area contributed by atoms with Crippen molar-refractivity contribution in [3.63, 3.8) is 0 Å². The van der Waals surface area contributed by atoms with Gasteiger partial charge in [-0.05, 0) is 98.0 Å². The van der Waals surface area contributed by atoms with Crippen LogP contribution in [0.3, 0.4) is 0 Å². The molecule has 7 aromatic rings. The molecule has 0 saturated heterocycles. The van der Waals surface area contributed by atoms with Crippen molar-refractivity contribution < 1.29 is 36.6 Å². The molecule has 18 nitrogen and oxygen atoms in total. The first kappa shape index (κ1) is 56.2. The van der Waals surface area contributed by atoms with E-state index in [2.05, 4.69) is 37.9 Å². The SMILES string of the molecule is CN1C(C(=O)Nc2ccccn2)=C(O)c2ccccc2S1(=O)=O.CN1C(C(=O)Nc2ccccn2)=C(O)c2ccccc2S1(=O)=O.Cc1ccc(=O)n(-c2ccccc2)c1.O=NCCCCc1ccccc1.[NaH]. The van der Waals surface area contributed by atoms with Crippen molar-refractivity contribution in [2.24, 2.45) is 5.18 Å². The Morgan fingerprint density at radius 3 is 1.48 bits per heavy atom. The molecule has 0 atom stereocenters. The van der Waals surface area contributed by atoms with E-state index < -0.39 is 43.4 Å². The summed E-state index contributed by atoms with van der Waals surface area (Å²) >= 11 is 0. The first-order valence-corrected chi connectivity index (χ1v) is 25.0. The number of aromatic nitrogens is 3. The molecule has 3 aromatic heterocycles. The number of carbonyl (C=O) groups excluding carboxylic acids is 2. The van der Waals surface area contributed by atoms with Gasteiger partial charge in [-0.25, -0.2) is 26.8 Å². The average molecular weight is 1040 g/mol. The number of nitrogens with zero attached hydrogens (tertiary/aromatic N) is 6. The van der Waals surface area contributed by atoms with Crippen molar-refractivity contribution >= 4 is 84.6 Å². The van der Waals surface area contributed by atoms with Crippen molar-refractivity contribution in [1.82, 2.24) is 23.1 Å². The van der Waals surface area contributed by atoms with E-state index in [1.165, 1.54) is 56.3 Å². The summed E-state index contributed by atoms with van der Waals surface area (Å²) in [7, 11) is -5.38. The summed E-state index contributed by atoms with van der Waals surface area (Å²) in [5.74, 6) is -1.81. The predicted molar refractivity (Wildman–Crippen MR) is 282 cm³/mol. The third-order valence-corrected chi connectivity index (χ3v) is 14.4. The van der Waals surface area contributed by atoms with Gasteiger partial charge in [0.15, 0.2) is 22.9 Å². The van der Waals surface area contributed by atoms with Crippen molar-refractivity contribution in [2.75, 3.05) is 31.3 Å². The van der Waals surface area contributed by atoms with Crippen molar-refractivity contribution in [2.45, 2.75) is 36.0 Å². The number of aliphatic hydroxyl groups is 2. The molecule has 73 heavy (non-hydrogen) atoms. The number of hydrogen-bond donors (Lipinski definition) is 4. The van der Waals surface area contributed by atoms with Crippen LogP contribution in [0, 0.1) is 11.8 Å². The third kappa shape index (κ3) is 14.0. The first-order valence-electron chi connectivity index (χ1n) is 22.1. The molecule has 4 N–H and O–H groups in total. The molecule has 5 heterocycles. The summed E-state index contributed by atoms with van der Waals surface area (Å²) in [5.41, 5.74) is 2.80. The number of amides is 2. The second kappa shape index (κ2) is 26.1. The number of anilines is 2. The molecule has 2 aliphatic heterocycles. The Labute approximate surface area is 444 Å². The standard InChI is InChI=1S/2C15H13N3O4S.C12H11NO.C10H13NO.Na.H/c2*1-18-13(15(20)17-12-8-4-5-9-16-12)14(19)10-6-2-3-7-11(10)23(18,21)22;1-10-7-8-12(14)13(9-10)11-5-3-2-4-6-11;12-11-9-5-4-8-10-6-2-1-3-7-10;;/h2*2-9,19H,1H3,(H,16,17,20);2-9H,1H3;1-3,6-7H,4-5,8-9H2;;. The summed E-state index contributed by atoms with van der Waals surface area (Å²) in [6.45, 7) is 2.42. The fraction of sp³-hybridized carbons (Fsp3) is 0.135. The van der Waals surface area contributed by atoms with Crippen LogP contribution >= 0.6 is 0 Å². The van der Waals surface area contributed by atoms with E-state index in [0.29, 0.717) is 6.54 Å². The van der Waals surface area contributed by atoms with Crippen LogP contribution in [0.25, 0.3) is 17.2 Å². The molecule has 0 spiro atoms. The maximum atomic E-state index is 12.5. The van der Waals surface area contributed by atoms with E-state index in [1.54, 1.807) is 71.3 Å². The molecule has 0 bridgehead atoms. The zero-order valence-electron chi connectivity index (χ0n) is 39.2. The van der Waals surface area contributed by atoms with Crippen LogP contribution in [-0.2, 0) is 36.1 Å². The first-order chi connectivity index (χ1) is 34.6. The summed E-state index contributed by atoms with van der Waals surface area (Å²) in [4.78, 5) is 53.9. The van der Waals surface area contributed by atoms with E-state index >= 15 is 0 Å². The Bertz CT molecular complexity index is 3230. The van der Waals surface area contributed by atoms with Crippen molar-refractivity contribution in [1.29, 1.82) is 0 Å². The van der Waals surface area contributed by atoms with E-state index in [4.69, 9.17) is 0 Å². The molecular weight excluding hydrogens is 984 g/mol. The van der Waals surface area contributed by atoms with Crippen LogP contribution in [0.4, 0.5) is 11.6 Å². The number of nitrogens with one attached hydrogen (secondary N) is 2. The van der Waals surface area contributed by atoms with Gasteiger partial charge in [0.1, 0.15) is 11.6 Å². The number of pyridine rings is 3. The molecule has 0 fully saturated rings. The van der Waals surface area contributed by atoms with Gasteiger partial charge in [0.2, 0.25) is 0 Å². The number of benzene rings is 4. The maximum absolute atomic E-state index is 12.5. The van der Waals surface area contributed by atoms with Gasteiger partial charge in [-0.2, -0.15) is 4.91 Å². The number of rotatable bonds is 10. The molecule has 0 aliphatic carbocycles. The Hall–Kier alpha value is -7.75. The van der Waals surface area contributed by atoms with Gasteiger partial charge >= 0.3 is 29.6 Å². The van der Waals surface area contributed by atoms with E-state index in [1.807, 2.05) is 67.7 Å². The van der Waals surface area contributed by atoms with Crippen LogP contribution in [0.15, 0.2) is 207 Å². The number of carbonyl (C=O) groups is 2. The van der Waals surface area contributed by atoms with Gasteiger partial charge in [-0.3, -0.25) is 27.6 Å². The molecule has 2 amide bonds. The Morgan fingerprint density at radius 1 is 0.589 bits per heavy atom. The van der Waals surface area contributed by atoms with Crippen LogP contribution < -0.4 is 16.2 Å². The van der Waals surface area contributed by atoms with Crippen molar-refractivity contribution in [3.05, 3.63) is 225 Å². The topological polar surface area (TPSA) is 251 Å². The molecule has 372 valence electrons. The Kier molecular flexibility index (Phi) is 20.1. The number of unbranched alkanes of at least 4 members (excludes halogenated alkanes) is 1. The second-order valence-corrected chi connectivity index (χ2v) is 19.6. The number of fused-ring (bicyclic) bond motifs is 2. The number of para-hydroxylation sites is 1. The molecule has 2 aliphatic rings. The molecule has 0 radical (unpaired) electrons. The predicted octanol–water partition coefficient (Wildman–Crippen LogP) is 7.44. The fourth-order valence-electron chi connectivity index (χ4n) is 7.12. The Morgan fingerprint density at radius 2 is 1.03 bits per heavy atom. The second-order valence-electron chi connectivity index (χ2n) is 15.7. The summed E-state index contributed by atoms with van der Waals surface area (Å²) in [5, 5.41) is 28.5. The number of sulfonamides is 2. The van der Waals surface area contributed by atoms with Crippen LogP contribution in [-0.4, -0.2) is 112 Å². The third-order valence-electron chi connectivity index (χ3n) is 10.8. The normalized spacial score (nSPS) is 13.6. The quantitative estimate of drug-likeness (QED) is 0.0593.